The van der Waals surface area contributed by atoms with E-state index in [-0.39, 0.29) is 0 Å². The Morgan fingerprint density at radius 3 is 1.60 bits per heavy atom. The van der Waals surface area contributed by atoms with Gasteiger partial charge < -0.3 is 4.90 Å². The van der Waals surface area contributed by atoms with E-state index in [2.05, 4.69) is 140 Å². The Kier molecular flexibility index (Phi) is 6.07. The van der Waals surface area contributed by atoms with Crippen molar-refractivity contribution >= 4 is 60.2 Å². The van der Waals surface area contributed by atoms with Crippen LogP contribution in [0.1, 0.15) is 30.5 Å². The summed E-state index contributed by atoms with van der Waals surface area (Å²) in [5.41, 5.74) is 6.65. The summed E-state index contributed by atoms with van der Waals surface area (Å²) in [7, 11) is 0. The van der Waals surface area contributed by atoms with Gasteiger partial charge in [-0.05, 0) is 126 Å². The lowest BCUT2D eigenvalue weighted by molar-refractivity contribution is -0.137. The molecular weight excluding hydrogens is 599 g/mol. The van der Waals surface area contributed by atoms with Crippen LogP contribution in [0.15, 0.2) is 146 Å². The molecular formula is C44H30F3N. The van der Waals surface area contributed by atoms with E-state index in [0.29, 0.717) is 5.39 Å². The molecule has 1 aliphatic carbocycles. The predicted octanol–water partition coefficient (Wildman–Crippen LogP) is 13.1. The number of nitrogens with zero attached hydrogens (tertiary/aromatic N) is 1. The van der Waals surface area contributed by atoms with Crippen molar-refractivity contribution in [2.45, 2.75) is 25.4 Å². The van der Waals surface area contributed by atoms with E-state index in [9.17, 15) is 13.2 Å². The zero-order valence-corrected chi connectivity index (χ0v) is 26.4. The lowest BCUT2D eigenvalue weighted by atomic mass is 9.79. The van der Waals surface area contributed by atoms with Crippen LogP contribution in [-0.4, -0.2) is 0 Å². The number of anilines is 3. The molecule has 0 radical (unpaired) electrons. The molecule has 0 aliphatic heterocycles. The number of rotatable bonds is 3. The maximum absolute atomic E-state index is 13.6. The maximum atomic E-state index is 13.6. The highest BCUT2D eigenvalue weighted by Crippen LogP contribution is 2.53. The second-order valence-electron chi connectivity index (χ2n) is 13.4. The van der Waals surface area contributed by atoms with Crippen molar-refractivity contribution in [2.75, 3.05) is 4.90 Å². The zero-order chi connectivity index (χ0) is 32.8. The molecule has 0 fully saturated rings. The number of hydrogen-bond donors (Lipinski definition) is 0. The average molecular weight is 630 g/mol. The van der Waals surface area contributed by atoms with Gasteiger partial charge in [0.2, 0.25) is 0 Å². The van der Waals surface area contributed by atoms with Crippen molar-refractivity contribution in [3.8, 4) is 11.1 Å². The Balaban J connectivity index is 1.21. The minimum Gasteiger partial charge on any atom is -0.310 e. The monoisotopic (exact) mass is 629 g/mol. The van der Waals surface area contributed by atoms with Gasteiger partial charge in [0.1, 0.15) is 0 Å². The average Bonchev–Trinajstić information content (AvgIpc) is 3.32. The maximum Gasteiger partial charge on any atom is 0.416 e. The van der Waals surface area contributed by atoms with Gasteiger partial charge in [-0.25, -0.2) is 0 Å². The van der Waals surface area contributed by atoms with Crippen molar-refractivity contribution < 1.29 is 13.2 Å². The molecule has 1 nitrogen and oxygen atoms in total. The quantitative estimate of drug-likeness (QED) is 0.188. The van der Waals surface area contributed by atoms with Crippen molar-refractivity contribution in [3.63, 3.8) is 0 Å². The summed E-state index contributed by atoms with van der Waals surface area (Å²) in [6, 6.07) is 49.1. The molecule has 8 aromatic carbocycles. The molecule has 0 atom stereocenters. The van der Waals surface area contributed by atoms with Gasteiger partial charge in [0.25, 0.3) is 0 Å². The van der Waals surface area contributed by atoms with E-state index in [4.69, 9.17) is 0 Å². The lowest BCUT2D eigenvalue weighted by Crippen LogP contribution is -2.16. The molecule has 0 heterocycles. The summed E-state index contributed by atoms with van der Waals surface area (Å²) in [5, 5.41) is 8.41. The van der Waals surface area contributed by atoms with Crippen LogP contribution in [0.4, 0.5) is 30.2 Å². The first-order chi connectivity index (χ1) is 23.1. The Labute approximate surface area is 276 Å². The third-order valence-corrected chi connectivity index (χ3v) is 10.1. The molecule has 8 aromatic rings. The Hall–Kier alpha value is -5.61. The number of halogens is 3. The van der Waals surface area contributed by atoms with E-state index in [1.165, 1.54) is 39.2 Å². The van der Waals surface area contributed by atoms with Crippen LogP contribution in [-0.2, 0) is 11.6 Å². The molecule has 48 heavy (non-hydrogen) atoms. The van der Waals surface area contributed by atoms with Crippen LogP contribution in [0, 0.1) is 0 Å². The molecule has 0 saturated carbocycles. The number of benzene rings is 8. The fourth-order valence-electron chi connectivity index (χ4n) is 7.78. The molecule has 0 bridgehead atoms. The molecule has 232 valence electrons. The molecule has 0 spiro atoms. The van der Waals surface area contributed by atoms with Gasteiger partial charge in [-0.1, -0.05) is 98.8 Å². The summed E-state index contributed by atoms with van der Waals surface area (Å²) in [5.74, 6) is 0. The summed E-state index contributed by atoms with van der Waals surface area (Å²) in [6.07, 6.45) is -4.38. The summed E-state index contributed by atoms with van der Waals surface area (Å²) < 4.78 is 40.7. The van der Waals surface area contributed by atoms with Crippen LogP contribution in [0.2, 0.25) is 0 Å². The second-order valence-corrected chi connectivity index (χ2v) is 13.4. The van der Waals surface area contributed by atoms with E-state index in [1.807, 2.05) is 6.07 Å². The smallest absolute Gasteiger partial charge is 0.310 e. The number of fused-ring (bicyclic) bond motifs is 8. The van der Waals surface area contributed by atoms with Crippen molar-refractivity contribution in [3.05, 3.63) is 162 Å². The van der Waals surface area contributed by atoms with E-state index in [0.717, 1.165) is 49.9 Å². The van der Waals surface area contributed by atoms with Crippen molar-refractivity contribution in [2.24, 2.45) is 0 Å². The largest absolute Gasteiger partial charge is 0.416 e. The molecule has 0 saturated heterocycles. The van der Waals surface area contributed by atoms with Gasteiger partial charge in [0, 0.05) is 22.5 Å². The van der Waals surface area contributed by atoms with Crippen LogP contribution < -0.4 is 4.90 Å². The van der Waals surface area contributed by atoms with Crippen LogP contribution in [0.5, 0.6) is 0 Å². The number of hydrogen-bond acceptors (Lipinski definition) is 1. The molecule has 9 rings (SSSR count). The van der Waals surface area contributed by atoms with Crippen LogP contribution in [0.25, 0.3) is 54.2 Å². The third kappa shape index (κ3) is 4.40. The standard InChI is InChI=1S/C44H30F3N/c1-43(2)41-26-33-21-34(44(45,46)47)15-11-31(33)25-40(41)39-19-14-32-24-37(18-20-38(32)42(39)43)48(35-16-12-27-7-3-5-9-29(27)22-35)36-17-13-28-8-4-6-10-30(28)23-36/h3-26H,1-2H3. The Bertz CT molecular complexity index is 2520. The first-order valence-corrected chi connectivity index (χ1v) is 16.2. The van der Waals surface area contributed by atoms with Crippen molar-refractivity contribution in [1.29, 1.82) is 0 Å². The highest BCUT2D eigenvalue weighted by atomic mass is 19.4. The fraction of sp³-hybridized carbons (Fsp3) is 0.0909. The SMILES string of the molecule is CC1(C)c2cc3cc(C(F)(F)F)ccc3cc2-c2ccc3cc(N(c4ccc5ccccc5c4)c4ccc5ccccc5c4)ccc3c21. The Morgan fingerprint density at radius 2 is 0.979 bits per heavy atom. The minimum absolute atomic E-state index is 0.398. The van der Waals surface area contributed by atoms with Crippen LogP contribution >= 0.6 is 0 Å². The third-order valence-electron chi connectivity index (χ3n) is 10.1. The van der Waals surface area contributed by atoms with E-state index < -0.39 is 17.2 Å². The van der Waals surface area contributed by atoms with Gasteiger partial charge in [-0.2, -0.15) is 13.2 Å². The first kappa shape index (κ1) is 28.6. The normalized spacial score (nSPS) is 13.7. The minimum atomic E-state index is -4.38. The molecule has 0 aromatic heterocycles. The second kappa shape index (κ2) is 10.2. The summed E-state index contributed by atoms with van der Waals surface area (Å²) in [4.78, 5) is 2.32. The molecule has 0 amide bonds. The lowest BCUT2D eigenvalue weighted by Gasteiger charge is -2.27. The highest BCUT2D eigenvalue weighted by Gasteiger charge is 2.38. The summed E-state index contributed by atoms with van der Waals surface area (Å²) >= 11 is 0. The topological polar surface area (TPSA) is 3.24 Å². The van der Waals surface area contributed by atoms with Gasteiger partial charge in [-0.15, -0.1) is 0 Å². The van der Waals surface area contributed by atoms with Gasteiger partial charge in [0.15, 0.2) is 0 Å². The van der Waals surface area contributed by atoms with Gasteiger partial charge in [0.05, 0.1) is 5.56 Å². The highest BCUT2D eigenvalue weighted by molar-refractivity contribution is 6.03. The van der Waals surface area contributed by atoms with Gasteiger partial charge >= 0.3 is 6.18 Å². The van der Waals surface area contributed by atoms with E-state index in [1.54, 1.807) is 6.07 Å². The zero-order valence-electron chi connectivity index (χ0n) is 26.4. The molecule has 1 aliphatic rings. The predicted molar refractivity (Wildman–Crippen MR) is 194 cm³/mol. The van der Waals surface area contributed by atoms with E-state index >= 15 is 0 Å². The van der Waals surface area contributed by atoms with Crippen LogP contribution in [0.3, 0.4) is 0 Å². The fourth-order valence-corrected chi connectivity index (χ4v) is 7.78. The molecule has 4 heteroatoms. The molecule has 0 unspecified atom stereocenters. The molecule has 0 N–H and O–H groups in total. The number of alkyl halides is 3. The van der Waals surface area contributed by atoms with Crippen molar-refractivity contribution in [1.82, 2.24) is 0 Å². The summed E-state index contributed by atoms with van der Waals surface area (Å²) in [6.45, 7) is 4.36. The Morgan fingerprint density at radius 1 is 0.458 bits per heavy atom. The van der Waals surface area contributed by atoms with Gasteiger partial charge in [-0.3, -0.25) is 0 Å². The first-order valence-electron chi connectivity index (χ1n) is 16.2.